The van der Waals surface area contributed by atoms with Crippen LogP contribution in [0.5, 0.6) is 5.75 Å². The molecule has 1 aliphatic rings. The molecule has 74 valence electrons. The molecule has 14 heavy (non-hydrogen) atoms. The minimum atomic E-state index is -0.896. The van der Waals surface area contributed by atoms with Crippen molar-refractivity contribution in [1.29, 1.82) is 0 Å². The van der Waals surface area contributed by atoms with Gasteiger partial charge in [-0.25, -0.2) is 4.79 Å². The highest BCUT2D eigenvalue weighted by Crippen LogP contribution is 2.30. The number of carbonyl (C=O) groups is 1. The first-order valence-electron chi connectivity index (χ1n) is 4.43. The quantitative estimate of drug-likeness (QED) is 0.706. The van der Waals surface area contributed by atoms with Gasteiger partial charge in [-0.05, 0) is 19.1 Å². The SMILES string of the molecule is CC1Oc2ccccc2NC1C(=O)O. The van der Waals surface area contributed by atoms with Gasteiger partial charge in [0.2, 0.25) is 0 Å². The number of carboxylic acids is 1. The number of fused-ring (bicyclic) bond motifs is 1. The number of ether oxygens (including phenoxy) is 1. The fraction of sp³-hybridized carbons (Fsp3) is 0.300. The second-order valence-corrected chi connectivity index (χ2v) is 3.28. The van der Waals surface area contributed by atoms with Crippen LogP contribution in [-0.2, 0) is 4.79 Å². The predicted octanol–water partition coefficient (Wildman–Crippen LogP) is 1.33. The molecular weight excluding hydrogens is 182 g/mol. The summed E-state index contributed by atoms with van der Waals surface area (Å²) in [6.45, 7) is 1.74. The normalized spacial score (nSPS) is 24.4. The molecule has 0 aliphatic carbocycles. The van der Waals surface area contributed by atoms with E-state index in [9.17, 15) is 4.79 Å². The minimum Gasteiger partial charge on any atom is -0.486 e. The minimum absolute atomic E-state index is 0.359. The predicted molar refractivity (Wildman–Crippen MR) is 51.6 cm³/mol. The topological polar surface area (TPSA) is 58.6 Å². The first-order valence-corrected chi connectivity index (χ1v) is 4.43. The molecule has 1 aliphatic heterocycles. The van der Waals surface area contributed by atoms with Gasteiger partial charge in [-0.15, -0.1) is 0 Å². The summed E-state index contributed by atoms with van der Waals surface area (Å²) in [5, 5.41) is 11.8. The Bertz CT molecular complexity index is 364. The van der Waals surface area contributed by atoms with Gasteiger partial charge in [0.25, 0.3) is 0 Å². The van der Waals surface area contributed by atoms with Gasteiger partial charge in [0.15, 0.2) is 6.04 Å². The van der Waals surface area contributed by atoms with Gasteiger partial charge >= 0.3 is 5.97 Å². The molecule has 4 nitrogen and oxygen atoms in total. The van der Waals surface area contributed by atoms with E-state index in [-0.39, 0.29) is 6.10 Å². The van der Waals surface area contributed by atoms with Crippen LogP contribution < -0.4 is 10.1 Å². The Balaban J connectivity index is 2.31. The molecule has 2 N–H and O–H groups in total. The van der Waals surface area contributed by atoms with Crippen LogP contribution in [0.1, 0.15) is 6.92 Å². The van der Waals surface area contributed by atoms with E-state index in [2.05, 4.69) is 5.32 Å². The third-order valence-corrected chi connectivity index (χ3v) is 2.25. The van der Waals surface area contributed by atoms with Crippen molar-refractivity contribution in [3.8, 4) is 5.75 Å². The van der Waals surface area contributed by atoms with E-state index in [0.29, 0.717) is 5.75 Å². The van der Waals surface area contributed by atoms with E-state index in [1.807, 2.05) is 18.2 Å². The molecule has 1 aromatic carbocycles. The van der Waals surface area contributed by atoms with Crippen LogP contribution in [0.15, 0.2) is 24.3 Å². The largest absolute Gasteiger partial charge is 0.486 e. The summed E-state index contributed by atoms with van der Waals surface area (Å²) >= 11 is 0. The van der Waals surface area contributed by atoms with E-state index in [0.717, 1.165) is 5.69 Å². The second kappa shape index (κ2) is 3.21. The lowest BCUT2D eigenvalue weighted by atomic mass is 10.1. The summed E-state index contributed by atoms with van der Waals surface area (Å²) in [6, 6.07) is 6.64. The van der Waals surface area contributed by atoms with Crippen molar-refractivity contribution in [2.24, 2.45) is 0 Å². The summed E-state index contributed by atoms with van der Waals surface area (Å²) in [4.78, 5) is 10.8. The highest BCUT2D eigenvalue weighted by Gasteiger charge is 2.31. The van der Waals surface area contributed by atoms with E-state index in [1.54, 1.807) is 13.0 Å². The summed E-state index contributed by atoms with van der Waals surface area (Å²) in [5.41, 5.74) is 0.734. The van der Waals surface area contributed by atoms with Gasteiger partial charge in [-0.1, -0.05) is 12.1 Å². The lowest BCUT2D eigenvalue weighted by Crippen LogP contribution is -2.45. The van der Waals surface area contributed by atoms with Crippen molar-refractivity contribution in [2.45, 2.75) is 19.1 Å². The van der Waals surface area contributed by atoms with E-state index in [1.165, 1.54) is 0 Å². The molecule has 2 unspecified atom stereocenters. The van der Waals surface area contributed by atoms with Crippen LogP contribution in [0.4, 0.5) is 5.69 Å². The summed E-state index contributed by atoms with van der Waals surface area (Å²) in [6.07, 6.45) is -0.359. The maximum absolute atomic E-state index is 10.8. The summed E-state index contributed by atoms with van der Waals surface area (Å²) in [7, 11) is 0. The molecule has 0 fully saturated rings. The summed E-state index contributed by atoms with van der Waals surface area (Å²) in [5.74, 6) is -0.190. The van der Waals surface area contributed by atoms with Crippen molar-refractivity contribution in [3.05, 3.63) is 24.3 Å². The van der Waals surface area contributed by atoms with Gasteiger partial charge in [0.1, 0.15) is 11.9 Å². The van der Waals surface area contributed by atoms with Crippen LogP contribution in [0.2, 0.25) is 0 Å². The van der Waals surface area contributed by atoms with Gasteiger partial charge in [-0.3, -0.25) is 0 Å². The highest BCUT2D eigenvalue weighted by molar-refractivity contribution is 5.80. The first-order chi connectivity index (χ1) is 6.68. The molecule has 1 heterocycles. The molecule has 0 spiro atoms. The standard InChI is InChI=1S/C10H11NO3/c1-6-9(10(12)13)11-7-4-2-3-5-8(7)14-6/h2-6,9,11H,1H3,(H,12,13). The molecule has 0 bridgehead atoms. The average Bonchev–Trinajstić information content (AvgIpc) is 2.16. The molecule has 0 aromatic heterocycles. The van der Waals surface area contributed by atoms with Crippen LogP contribution >= 0.6 is 0 Å². The molecule has 0 amide bonds. The van der Waals surface area contributed by atoms with E-state index in [4.69, 9.17) is 9.84 Å². The number of benzene rings is 1. The number of hydrogen-bond donors (Lipinski definition) is 2. The number of hydrogen-bond acceptors (Lipinski definition) is 3. The number of carboxylic acid groups (broad SMARTS) is 1. The Morgan fingerprint density at radius 3 is 2.93 bits per heavy atom. The van der Waals surface area contributed by atoms with E-state index < -0.39 is 12.0 Å². The second-order valence-electron chi connectivity index (χ2n) is 3.28. The van der Waals surface area contributed by atoms with Crippen LogP contribution in [0, 0.1) is 0 Å². The Morgan fingerprint density at radius 2 is 2.21 bits per heavy atom. The van der Waals surface area contributed by atoms with Crippen molar-refractivity contribution in [2.75, 3.05) is 5.32 Å². The van der Waals surface area contributed by atoms with Gasteiger partial charge in [-0.2, -0.15) is 0 Å². The molecule has 1 aromatic rings. The Labute approximate surface area is 81.5 Å². The zero-order chi connectivity index (χ0) is 10.1. The van der Waals surface area contributed by atoms with Crippen molar-refractivity contribution in [3.63, 3.8) is 0 Å². The third-order valence-electron chi connectivity index (χ3n) is 2.25. The molecule has 0 saturated carbocycles. The van der Waals surface area contributed by atoms with Crippen molar-refractivity contribution in [1.82, 2.24) is 0 Å². The smallest absolute Gasteiger partial charge is 0.330 e. The van der Waals surface area contributed by atoms with Gasteiger partial charge < -0.3 is 15.2 Å². The van der Waals surface area contributed by atoms with Crippen LogP contribution in [0.3, 0.4) is 0 Å². The van der Waals surface area contributed by atoms with Gasteiger partial charge in [0, 0.05) is 0 Å². The maximum atomic E-state index is 10.8. The third kappa shape index (κ3) is 1.39. The fourth-order valence-electron chi connectivity index (χ4n) is 1.50. The number of anilines is 1. The summed E-state index contributed by atoms with van der Waals surface area (Å²) < 4.78 is 5.46. The molecule has 2 rings (SSSR count). The number of aliphatic carboxylic acids is 1. The average molecular weight is 193 g/mol. The lowest BCUT2D eigenvalue weighted by Gasteiger charge is -2.30. The monoisotopic (exact) mass is 193 g/mol. The zero-order valence-electron chi connectivity index (χ0n) is 7.73. The first kappa shape index (κ1) is 8.87. The van der Waals surface area contributed by atoms with Gasteiger partial charge in [0.05, 0.1) is 5.69 Å². The maximum Gasteiger partial charge on any atom is 0.330 e. The Hall–Kier alpha value is -1.71. The highest BCUT2D eigenvalue weighted by atomic mass is 16.5. The molecule has 2 atom stereocenters. The molecule has 0 radical (unpaired) electrons. The zero-order valence-corrected chi connectivity index (χ0v) is 7.73. The molecule has 0 saturated heterocycles. The van der Waals surface area contributed by atoms with Crippen LogP contribution in [-0.4, -0.2) is 23.2 Å². The lowest BCUT2D eigenvalue weighted by molar-refractivity contribution is -0.140. The number of nitrogens with one attached hydrogen (secondary N) is 1. The van der Waals surface area contributed by atoms with E-state index >= 15 is 0 Å². The molecule has 4 heteroatoms. The van der Waals surface area contributed by atoms with Crippen LogP contribution in [0.25, 0.3) is 0 Å². The Morgan fingerprint density at radius 1 is 1.50 bits per heavy atom. The van der Waals surface area contributed by atoms with Crippen molar-refractivity contribution >= 4 is 11.7 Å². The van der Waals surface area contributed by atoms with Crippen molar-refractivity contribution < 1.29 is 14.6 Å². The Kier molecular flexibility index (Phi) is 2.04. The molecular formula is C10H11NO3. The number of rotatable bonds is 1. The number of para-hydroxylation sites is 2. The fourth-order valence-corrected chi connectivity index (χ4v) is 1.50.